The van der Waals surface area contributed by atoms with E-state index < -0.39 is 0 Å². The van der Waals surface area contributed by atoms with Crippen LogP contribution in [0.3, 0.4) is 0 Å². The van der Waals surface area contributed by atoms with E-state index in [9.17, 15) is 0 Å². The van der Waals surface area contributed by atoms with Gasteiger partial charge in [0.2, 0.25) is 0 Å². The highest BCUT2D eigenvalue weighted by Crippen LogP contribution is 1.88. The quantitative estimate of drug-likeness (QED) is 0.473. The molecule has 1 nitrogen and oxygen atoms in total. The Bertz CT molecular complexity index is 53.5. The predicted molar refractivity (Wildman–Crippen MR) is 39.4 cm³/mol. The number of alkyl halides is 1. The molecule has 0 aliphatic heterocycles. The Balaban J connectivity index is 2.83. The third-order valence-corrected chi connectivity index (χ3v) is 1.16. The summed E-state index contributed by atoms with van der Waals surface area (Å²) in [6.07, 6.45) is 5.20. The molecule has 8 heavy (non-hydrogen) atoms. The van der Waals surface area contributed by atoms with Gasteiger partial charge in [-0.15, -0.1) is 0 Å². The highest BCUT2D eigenvalue weighted by atomic mass is 79.9. The van der Waals surface area contributed by atoms with Gasteiger partial charge in [0.05, 0.1) is 6.61 Å². The van der Waals surface area contributed by atoms with Crippen molar-refractivity contribution in [1.82, 2.24) is 0 Å². The molecule has 0 radical (unpaired) electrons. The average Bonchev–Trinajstić information content (AvgIpc) is 1.81. The molecule has 0 N–H and O–H groups in total. The zero-order chi connectivity index (χ0) is 6.24. The molecular weight excluding hydrogens is 168 g/mol. The van der Waals surface area contributed by atoms with E-state index in [1.807, 2.05) is 6.08 Å². The van der Waals surface area contributed by atoms with Crippen LogP contribution in [0, 0.1) is 0 Å². The minimum Gasteiger partial charge on any atom is -0.381 e. The molecule has 0 spiro atoms. The summed E-state index contributed by atoms with van der Waals surface area (Å²) >= 11 is 3.31. The first-order chi connectivity index (χ1) is 3.91. The van der Waals surface area contributed by atoms with Crippen molar-refractivity contribution in [3.05, 3.63) is 12.2 Å². The van der Waals surface area contributed by atoms with Gasteiger partial charge in [-0.05, 0) is 6.42 Å². The van der Waals surface area contributed by atoms with Crippen molar-refractivity contribution in [3.63, 3.8) is 0 Å². The van der Waals surface area contributed by atoms with Crippen LogP contribution in [0.2, 0.25) is 0 Å². The van der Waals surface area contributed by atoms with Crippen LogP contribution in [-0.2, 0) is 4.74 Å². The van der Waals surface area contributed by atoms with E-state index in [1.165, 1.54) is 0 Å². The van der Waals surface area contributed by atoms with Gasteiger partial charge >= 0.3 is 0 Å². The Hall–Kier alpha value is 0.180. The van der Waals surface area contributed by atoms with Crippen molar-refractivity contribution in [2.75, 3.05) is 19.0 Å². The smallest absolute Gasteiger partial charge is 0.0643 e. The fourth-order valence-corrected chi connectivity index (χ4v) is 0.609. The fraction of sp³-hybridized carbons (Fsp3) is 0.667. The minimum atomic E-state index is 0.729. The first-order valence-electron chi connectivity index (χ1n) is 2.61. The second-order valence-electron chi connectivity index (χ2n) is 1.40. The standard InChI is InChI=1S/C6H11BrO/c1-8-6-4-2-3-5-7/h2,4H,3,5-6H2,1H3. The average molecular weight is 179 g/mol. The second kappa shape index (κ2) is 7.18. The first-order valence-corrected chi connectivity index (χ1v) is 3.74. The lowest BCUT2D eigenvalue weighted by atomic mass is 10.4. The Labute approximate surface area is 58.9 Å². The monoisotopic (exact) mass is 178 g/mol. The number of allylic oxidation sites excluding steroid dienone is 1. The SMILES string of the molecule is COCC=CCCBr. The highest BCUT2D eigenvalue weighted by Gasteiger charge is 1.72. The molecule has 0 aromatic carbocycles. The van der Waals surface area contributed by atoms with Crippen molar-refractivity contribution in [2.45, 2.75) is 6.42 Å². The molecule has 0 unspecified atom stereocenters. The van der Waals surface area contributed by atoms with Crippen LogP contribution in [0.25, 0.3) is 0 Å². The first kappa shape index (κ1) is 8.18. The van der Waals surface area contributed by atoms with Crippen molar-refractivity contribution in [2.24, 2.45) is 0 Å². The maximum absolute atomic E-state index is 4.79. The van der Waals surface area contributed by atoms with Crippen LogP contribution in [0.5, 0.6) is 0 Å². The summed E-state index contributed by atoms with van der Waals surface area (Å²) in [7, 11) is 1.69. The molecule has 2 heteroatoms. The third kappa shape index (κ3) is 6.18. The second-order valence-corrected chi connectivity index (χ2v) is 2.20. The van der Waals surface area contributed by atoms with Crippen LogP contribution >= 0.6 is 15.9 Å². The number of halogens is 1. The lowest BCUT2D eigenvalue weighted by molar-refractivity contribution is 0.233. The zero-order valence-electron chi connectivity index (χ0n) is 5.06. The summed E-state index contributed by atoms with van der Waals surface area (Å²) in [5.74, 6) is 0. The summed E-state index contributed by atoms with van der Waals surface area (Å²) in [6.45, 7) is 0.729. The molecule has 0 saturated heterocycles. The van der Waals surface area contributed by atoms with Crippen LogP contribution in [0.4, 0.5) is 0 Å². The largest absolute Gasteiger partial charge is 0.381 e. The number of methoxy groups -OCH3 is 1. The Morgan fingerprint density at radius 2 is 2.25 bits per heavy atom. The van der Waals surface area contributed by atoms with Crippen molar-refractivity contribution >= 4 is 15.9 Å². The summed E-state index contributed by atoms with van der Waals surface area (Å²) in [4.78, 5) is 0. The van der Waals surface area contributed by atoms with Crippen LogP contribution in [0.1, 0.15) is 6.42 Å². The summed E-state index contributed by atoms with van der Waals surface area (Å²) in [6, 6.07) is 0. The lowest BCUT2D eigenvalue weighted by Gasteiger charge is -1.85. The van der Waals surface area contributed by atoms with Gasteiger partial charge < -0.3 is 4.74 Å². The van der Waals surface area contributed by atoms with E-state index in [2.05, 4.69) is 22.0 Å². The lowest BCUT2D eigenvalue weighted by Crippen LogP contribution is -1.79. The number of hydrogen-bond donors (Lipinski definition) is 0. The Morgan fingerprint density at radius 3 is 2.75 bits per heavy atom. The van der Waals surface area contributed by atoms with Gasteiger partial charge in [-0.3, -0.25) is 0 Å². The van der Waals surface area contributed by atoms with Gasteiger partial charge in [-0.25, -0.2) is 0 Å². The summed E-state index contributed by atoms with van der Waals surface area (Å²) < 4.78 is 4.79. The van der Waals surface area contributed by atoms with E-state index in [-0.39, 0.29) is 0 Å². The molecule has 48 valence electrons. The highest BCUT2D eigenvalue weighted by molar-refractivity contribution is 9.09. The molecule has 0 aliphatic rings. The van der Waals surface area contributed by atoms with E-state index in [0.29, 0.717) is 0 Å². The predicted octanol–water partition coefficient (Wildman–Crippen LogP) is 1.97. The van der Waals surface area contributed by atoms with Gasteiger partial charge in [-0.2, -0.15) is 0 Å². The van der Waals surface area contributed by atoms with E-state index in [1.54, 1.807) is 7.11 Å². The van der Waals surface area contributed by atoms with E-state index in [0.717, 1.165) is 18.4 Å². The molecular formula is C6H11BrO. The normalized spacial score (nSPS) is 10.8. The van der Waals surface area contributed by atoms with Crippen LogP contribution < -0.4 is 0 Å². The maximum Gasteiger partial charge on any atom is 0.0643 e. The molecule has 0 amide bonds. The Kier molecular flexibility index (Phi) is 7.34. The van der Waals surface area contributed by atoms with Crippen LogP contribution in [0.15, 0.2) is 12.2 Å². The molecule has 0 bridgehead atoms. The summed E-state index contributed by atoms with van der Waals surface area (Å²) in [5.41, 5.74) is 0. The van der Waals surface area contributed by atoms with Crippen LogP contribution in [-0.4, -0.2) is 19.0 Å². The molecule has 0 saturated carbocycles. The van der Waals surface area contributed by atoms with E-state index in [4.69, 9.17) is 4.74 Å². The fourth-order valence-electron chi connectivity index (χ4n) is 0.345. The van der Waals surface area contributed by atoms with Gasteiger partial charge in [0.25, 0.3) is 0 Å². The Morgan fingerprint density at radius 1 is 1.50 bits per heavy atom. The van der Waals surface area contributed by atoms with Crippen molar-refractivity contribution in [1.29, 1.82) is 0 Å². The molecule has 0 fully saturated rings. The molecule has 0 atom stereocenters. The van der Waals surface area contributed by atoms with Crippen molar-refractivity contribution < 1.29 is 4.74 Å². The van der Waals surface area contributed by atoms with Gasteiger partial charge in [-0.1, -0.05) is 28.1 Å². The topological polar surface area (TPSA) is 9.23 Å². The maximum atomic E-state index is 4.79. The number of ether oxygens (including phenoxy) is 1. The third-order valence-electron chi connectivity index (χ3n) is 0.705. The molecule has 0 aromatic rings. The molecule has 0 heterocycles. The number of hydrogen-bond acceptors (Lipinski definition) is 1. The molecule has 0 rings (SSSR count). The van der Waals surface area contributed by atoms with Gasteiger partial charge in [0.1, 0.15) is 0 Å². The zero-order valence-corrected chi connectivity index (χ0v) is 6.65. The van der Waals surface area contributed by atoms with Gasteiger partial charge in [0, 0.05) is 12.4 Å². The van der Waals surface area contributed by atoms with E-state index >= 15 is 0 Å². The van der Waals surface area contributed by atoms with Crippen molar-refractivity contribution in [3.8, 4) is 0 Å². The summed E-state index contributed by atoms with van der Waals surface area (Å²) in [5, 5.41) is 1.03. The molecule has 0 aromatic heterocycles. The van der Waals surface area contributed by atoms with Gasteiger partial charge in [0.15, 0.2) is 0 Å². The minimum absolute atomic E-state index is 0.729. The number of rotatable bonds is 4. The molecule has 0 aliphatic carbocycles.